The maximum atomic E-state index is 10.6. The van der Waals surface area contributed by atoms with Crippen LogP contribution in [0.3, 0.4) is 0 Å². The molecule has 1 aromatic heterocycles. The van der Waals surface area contributed by atoms with Gasteiger partial charge in [-0.2, -0.15) is 0 Å². The minimum Gasteiger partial charge on any atom is -0.390 e. The number of nitrogens with zero attached hydrogens (tertiary/aromatic N) is 3. The van der Waals surface area contributed by atoms with Gasteiger partial charge in [-0.05, 0) is 36.8 Å². The second-order valence-corrected chi connectivity index (χ2v) is 4.05. The van der Waals surface area contributed by atoms with E-state index < -0.39 is 11.2 Å². The lowest BCUT2D eigenvalue weighted by molar-refractivity contribution is -0.397. The molecule has 1 N–H and O–H groups in total. The van der Waals surface area contributed by atoms with Crippen molar-refractivity contribution in [2.75, 3.05) is 7.11 Å². The van der Waals surface area contributed by atoms with E-state index in [2.05, 4.69) is 41.6 Å². The maximum absolute atomic E-state index is 10.6. The molecule has 1 rings (SSSR count). The molecule has 0 aliphatic carbocycles. The van der Waals surface area contributed by atoms with E-state index in [1.165, 1.54) is 11.7 Å². The smallest absolute Gasteiger partial charge is 0.390 e. The summed E-state index contributed by atoms with van der Waals surface area (Å²) in [4.78, 5) is 13.6. The van der Waals surface area contributed by atoms with Crippen molar-refractivity contribution in [3.8, 4) is 0 Å². The minimum atomic E-state index is -1.12. The highest BCUT2D eigenvalue weighted by Crippen LogP contribution is 2.27. The molecule has 0 aliphatic heterocycles. The van der Waals surface area contributed by atoms with Crippen LogP contribution in [0.25, 0.3) is 0 Å². The van der Waals surface area contributed by atoms with Gasteiger partial charge < -0.3 is 20.0 Å². The molecule has 0 radical (unpaired) electrons. The summed E-state index contributed by atoms with van der Waals surface area (Å²) in [7, 11) is 1.30. The predicted octanol–water partition coefficient (Wildman–Crippen LogP) is 1.28. The maximum Gasteiger partial charge on any atom is 0.436 e. The monoisotopic (exact) mass is 343 g/mol. The molecule has 0 aliphatic rings. The predicted molar refractivity (Wildman–Crippen MR) is 57.3 cm³/mol. The molecule has 0 amide bonds. The molecule has 1 atom stereocenters. The number of aliphatic hydroxyl groups excluding tert-OH is 1. The van der Waals surface area contributed by atoms with Crippen LogP contribution in [0, 0.1) is 10.1 Å². The average molecular weight is 345 g/mol. The first kappa shape index (κ1) is 12.6. The second-order valence-electron chi connectivity index (χ2n) is 2.55. The Morgan fingerprint density at radius 3 is 2.80 bits per heavy atom. The molecule has 0 bridgehead atoms. The summed E-state index contributed by atoms with van der Waals surface area (Å²) in [6.45, 7) is -0.0774. The van der Waals surface area contributed by atoms with Crippen molar-refractivity contribution in [2.45, 2.75) is 12.8 Å². The number of aliphatic hydroxyl groups is 1. The van der Waals surface area contributed by atoms with Gasteiger partial charge in [-0.1, -0.05) is 4.98 Å². The van der Waals surface area contributed by atoms with Crippen molar-refractivity contribution in [1.29, 1.82) is 0 Å². The molecule has 1 heterocycles. The molecule has 7 nitrogen and oxygen atoms in total. The zero-order valence-electron chi connectivity index (χ0n) is 7.55. The standard InChI is InChI=1S/C6H7Br2N3O4/c1-15-3(12)2-10-5(8)4(7)9-6(10)11(13)14/h3,12H,2H2,1H3. The van der Waals surface area contributed by atoms with Crippen LogP contribution < -0.4 is 0 Å². The summed E-state index contributed by atoms with van der Waals surface area (Å²) < 4.78 is 6.48. The number of imidazole rings is 1. The van der Waals surface area contributed by atoms with Gasteiger partial charge in [0.25, 0.3) is 0 Å². The Hall–Kier alpha value is -0.510. The second kappa shape index (κ2) is 5.01. The van der Waals surface area contributed by atoms with Crippen LogP contribution in [-0.2, 0) is 11.3 Å². The van der Waals surface area contributed by atoms with Crippen molar-refractivity contribution in [3.05, 3.63) is 19.3 Å². The van der Waals surface area contributed by atoms with Crippen molar-refractivity contribution >= 4 is 37.8 Å². The summed E-state index contributed by atoms with van der Waals surface area (Å²) in [6.07, 6.45) is -1.12. The van der Waals surface area contributed by atoms with Crippen molar-refractivity contribution < 1.29 is 14.8 Å². The Morgan fingerprint density at radius 1 is 1.73 bits per heavy atom. The third-order valence-electron chi connectivity index (χ3n) is 1.62. The minimum absolute atomic E-state index is 0.0774. The fourth-order valence-electron chi connectivity index (χ4n) is 0.925. The highest BCUT2D eigenvalue weighted by molar-refractivity contribution is 9.13. The van der Waals surface area contributed by atoms with Gasteiger partial charge in [-0.25, -0.2) is 4.57 Å². The van der Waals surface area contributed by atoms with E-state index in [-0.39, 0.29) is 12.5 Å². The van der Waals surface area contributed by atoms with Crippen LogP contribution >= 0.6 is 31.9 Å². The van der Waals surface area contributed by atoms with Crippen molar-refractivity contribution in [3.63, 3.8) is 0 Å². The lowest BCUT2D eigenvalue weighted by atomic mass is 10.6. The molecule has 84 valence electrons. The number of ether oxygens (including phenoxy) is 1. The summed E-state index contributed by atoms with van der Waals surface area (Å²) in [5.74, 6) is -0.371. The summed E-state index contributed by atoms with van der Waals surface area (Å²) in [6, 6.07) is 0. The fraction of sp³-hybridized carbons (Fsp3) is 0.500. The van der Waals surface area contributed by atoms with E-state index in [4.69, 9.17) is 0 Å². The molecule has 9 heteroatoms. The van der Waals surface area contributed by atoms with E-state index in [0.29, 0.717) is 9.21 Å². The molecule has 0 aromatic carbocycles. The Labute approximate surface area is 101 Å². The summed E-state index contributed by atoms with van der Waals surface area (Å²) in [5, 5.41) is 19.8. The summed E-state index contributed by atoms with van der Waals surface area (Å²) >= 11 is 6.15. The largest absolute Gasteiger partial charge is 0.436 e. The van der Waals surface area contributed by atoms with E-state index >= 15 is 0 Å². The van der Waals surface area contributed by atoms with Crippen LogP contribution in [0.1, 0.15) is 0 Å². The Balaban J connectivity index is 3.08. The lowest BCUT2D eigenvalue weighted by Gasteiger charge is -2.07. The van der Waals surface area contributed by atoms with Gasteiger partial charge in [-0.15, -0.1) is 0 Å². The molecule has 0 fully saturated rings. The number of hydrogen-bond acceptors (Lipinski definition) is 5. The quantitative estimate of drug-likeness (QED) is 0.504. The molecule has 1 unspecified atom stereocenters. The van der Waals surface area contributed by atoms with E-state index in [1.807, 2.05) is 0 Å². The van der Waals surface area contributed by atoms with E-state index in [0.717, 1.165) is 0 Å². The molecule has 0 saturated carbocycles. The fourth-order valence-corrected chi connectivity index (χ4v) is 1.69. The van der Waals surface area contributed by atoms with Crippen LogP contribution in [0.15, 0.2) is 9.21 Å². The lowest BCUT2D eigenvalue weighted by Crippen LogP contribution is -2.19. The Morgan fingerprint density at radius 2 is 2.33 bits per heavy atom. The number of methoxy groups -OCH3 is 1. The number of aromatic nitrogens is 2. The number of rotatable bonds is 4. The van der Waals surface area contributed by atoms with Crippen LogP contribution in [-0.4, -0.2) is 33.0 Å². The van der Waals surface area contributed by atoms with Crippen LogP contribution in [0.4, 0.5) is 5.95 Å². The zero-order chi connectivity index (χ0) is 11.6. The average Bonchev–Trinajstić information content (AvgIpc) is 2.46. The van der Waals surface area contributed by atoms with Gasteiger partial charge in [0.1, 0.15) is 6.54 Å². The van der Waals surface area contributed by atoms with Gasteiger partial charge in [0.2, 0.25) is 4.60 Å². The molecule has 0 saturated heterocycles. The van der Waals surface area contributed by atoms with E-state index in [1.54, 1.807) is 0 Å². The Bertz CT molecular complexity index is 381. The first-order chi connectivity index (χ1) is 6.97. The van der Waals surface area contributed by atoms with Crippen molar-refractivity contribution in [1.82, 2.24) is 9.55 Å². The normalized spacial score (nSPS) is 12.8. The highest BCUT2D eigenvalue weighted by atomic mass is 79.9. The first-order valence-corrected chi connectivity index (χ1v) is 5.32. The van der Waals surface area contributed by atoms with Gasteiger partial charge in [0, 0.05) is 7.11 Å². The molecule has 15 heavy (non-hydrogen) atoms. The summed E-state index contributed by atoms with van der Waals surface area (Å²) in [5.41, 5.74) is 0. The molecule has 1 aromatic rings. The number of halogens is 2. The number of nitro groups is 1. The van der Waals surface area contributed by atoms with Crippen molar-refractivity contribution in [2.24, 2.45) is 0 Å². The zero-order valence-corrected chi connectivity index (χ0v) is 10.7. The third kappa shape index (κ3) is 2.74. The van der Waals surface area contributed by atoms with Gasteiger partial charge >= 0.3 is 5.95 Å². The van der Waals surface area contributed by atoms with Gasteiger partial charge in [0.15, 0.2) is 10.9 Å². The number of hydrogen-bond donors (Lipinski definition) is 1. The van der Waals surface area contributed by atoms with E-state index in [9.17, 15) is 15.2 Å². The highest BCUT2D eigenvalue weighted by Gasteiger charge is 2.26. The molecular weight excluding hydrogens is 338 g/mol. The van der Waals surface area contributed by atoms with Gasteiger partial charge in [-0.3, -0.25) is 0 Å². The Kier molecular flexibility index (Phi) is 4.20. The molecular formula is C6H7Br2N3O4. The molecule has 0 spiro atoms. The van der Waals surface area contributed by atoms with Crippen LogP contribution in [0.5, 0.6) is 0 Å². The SMILES string of the molecule is COC(O)Cn1c([N+](=O)[O-])nc(Br)c1Br. The third-order valence-corrected chi connectivity index (χ3v) is 3.51. The van der Waals surface area contributed by atoms with Crippen LogP contribution in [0.2, 0.25) is 0 Å². The topological polar surface area (TPSA) is 90.4 Å². The van der Waals surface area contributed by atoms with Gasteiger partial charge in [0.05, 0.1) is 0 Å². The first-order valence-electron chi connectivity index (χ1n) is 3.74.